The van der Waals surface area contributed by atoms with Crippen molar-refractivity contribution in [2.24, 2.45) is 0 Å². The Morgan fingerprint density at radius 1 is 1.07 bits per heavy atom. The zero-order valence-electron chi connectivity index (χ0n) is 16.1. The van der Waals surface area contributed by atoms with Crippen molar-refractivity contribution in [2.45, 2.75) is 12.6 Å². The lowest BCUT2D eigenvalue weighted by Crippen LogP contribution is -2.42. The minimum atomic E-state index is -1.08. The van der Waals surface area contributed by atoms with Crippen LogP contribution in [0.3, 0.4) is 0 Å². The van der Waals surface area contributed by atoms with E-state index in [0.717, 1.165) is 23.0 Å². The second-order valence-electron chi connectivity index (χ2n) is 7.49. The van der Waals surface area contributed by atoms with Gasteiger partial charge in [-0.1, -0.05) is 18.2 Å². The highest BCUT2D eigenvalue weighted by atomic mass is 19.2. The van der Waals surface area contributed by atoms with E-state index in [-0.39, 0.29) is 11.3 Å². The fraction of sp³-hybridized carbons (Fsp3) is 0.182. The van der Waals surface area contributed by atoms with Crippen LogP contribution in [0.15, 0.2) is 47.3 Å². The van der Waals surface area contributed by atoms with E-state index in [1.165, 1.54) is 0 Å². The molecule has 1 aliphatic heterocycles. The molecule has 30 heavy (non-hydrogen) atoms. The summed E-state index contributed by atoms with van der Waals surface area (Å²) in [6.07, 6.45) is 0. The van der Waals surface area contributed by atoms with Gasteiger partial charge in [-0.2, -0.15) is 0 Å². The van der Waals surface area contributed by atoms with Gasteiger partial charge in [-0.05, 0) is 29.7 Å². The minimum absolute atomic E-state index is 0.0611. The average Bonchev–Trinajstić information content (AvgIpc) is 3.18. The summed E-state index contributed by atoms with van der Waals surface area (Å²) in [5.41, 5.74) is 1.97. The number of likely N-dealkylation sites (N-methyl/N-ethyl adjacent to an activating group) is 1. The van der Waals surface area contributed by atoms with Gasteiger partial charge < -0.3 is 20.2 Å². The van der Waals surface area contributed by atoms with Crippen LogP contribution < -0.4 is 10.9 Å². The number of hydrogen-bond acceptors (Lipinski definition) is 3. The van der Waals surface area contributed by atoms with Crippen LogP contribution in [0.25, 0.3) is 21.7 Å². The van der Waals surface area contributed by atoms with Crippen LogP contribution in [-0.4, -0.2) is 34.4 Å². The molecule has 0 spiro atoms. The van der Waals surface area contributed by atoms with Crippen molar-refractivity contribution in [2.75, 3.05) is 13.6 Å². The van der Waals surface area contributed by atoms with Crippen molar-refractivity contribution in [3.05, 3.63) is 81.4 Å². The zero-order chi connectivity index (χ0) is 21.0. The molecule has 5 rings (SSSR count). The maximum absolute atomic E-state index is 14.0. The van der Waals surface area contributed by atoms with E-state index in [1.54, 1.807) is 18.0 Å². The van der Waals surface area contributed by atoms with Crippen molar-refractivity contribution in [1.82, 2.24) is 20.2 Å². The van der Waals surface area contributed by atoms with Gasteiger partial charge in [-0.25, -0.2) is 8.78 Å². The van der Waals surface area contributed by atoms with E-state index in [0.29, 0.717) is 35.4 Å². The molecule has 4 aromatic rings. The fourth-order valence-electron chi connectivity index (χ4n) is 4.20. The topological polar surface area (TPSA) is 81.0 Å². The third kappa shape index (κ3) is 2.80. The van der Waals surface area contributed by atoms with Gasteiger partial charge in [0, 0.05) is 42.3 Å². The summed E-state index contributed by atoms with van der Waals surface area (Å²) in [5, 5.41) is 4.48. The Labute approximate surface area is 169 Å². The molecule has 0 radical (unpaired) electrons. The Morgan fingerprint density at radius 3 is 2.57 bits per heavy atom. The third-order valence-electron chi connectivity index (χ3n) is 5.71. The predicted molar refractivity (Wildman–Crippen MR) is 109 cm³/mol. The van der Waals surface area contributed by atoms with E-state index in [1.807, 2.05) is 24.3 Å². The van der Waals surface area contributed by atoms with Gasteiger partial charge >= 0.3 is 0 Å². The molecule has 1 atom stereocenters. The number of aromatic nitrogens is 2. The molecule has 2 aromatic carbocycles. The number of H-pyrrole nitrogens is 2. The van der Waals surface area contributed by atoms with Crippen molar-refractivity contribution in [3.63, 3.8) is 0 Å². The molecular weight excluding hydrogens is 390 g/mol. The molecule has 0 fully saturated rings. The summed E-state index contributed by atoms with van der Waals surface area (Å²) in [6, 6.07) is 10.8. The number of halogens is 2. The molecular formula is C22H18F2N4O2. The molecule has 0 saturated heterocycles. The van der Waals surface area contributed by atoms with Crippen molar-refractivity contribution in [1.29, 1.82) is 0 Å². The van der Waals surface area contributed by atoms with Gasteiger partial charge in [-0.3, -0.25) is 9.59 Å². The number of benzene rings is 2. The lowest BCUT2D eigenvalue weighted by Gasteiger charge is -2.34. The predicted octanol–water partition coefficient (Wildman–Crippen LogP) is 3.20. The standard InChI is InChI=1S/C22H18F2N4O2/c1-28(22(30)17-6-11-4-2-3-5-16(11)26-17)19-10-25-9-18-20(19)12-7-14(23)15(24)8-13(12)21(29)27-18/h2-8,19,25-26H,9-10H2,1H3,(H,27,29)/t19-/m1/s1. The highest BCUT2D eigenvalue weighted by Gasteiger charge is 2.31. The molecule has 1 aliphatic rings. The molecule has 6 nitrogen and oxygen atoms in total. The number of para-hydroxylation sites is 1. The number of carbonyl (C=O) groups is 1. The molecule has 2 aromatic heterocycles. The van der Waals surface area contributed by atoms with Crippen molar-refractivity contribution < 1.29 is 13.6 Å². The van der Waals surface area contributed by atoms with E-state index in [4.69, 9.17) is 0 Å². The number of hydrogen-bond donors (Lipinski definition) is 3. The minimum Gasteiger partial charge on any atom is -0.351 e. The van der Waals surface area contributed by atoms with Crippen LogP contribution in [0.2, 0.25) is 0 Å². The maximum Gasteiger partial charge on any atom is 0.270 e. The summed E-state index contributed by atoms with van der Waals surface area (Å²) in [6.45, 7) is 0.778. The molecule has 0 unspecified atom stereocenters. The summed E-state index contributed by atoms with van der Waals surface area (Å²) in [5.74, 6) is -2.36. The number of rotatable bonds is 2. The first kappa shape index (κ1) is 18.5. The van der Waals surface area contributed by atoms with Gasteiger partial charge in [0.25, 0.3) is 11.5 Å². The van der Waals surface area contributed by atoms with Gasteiger partial charge in [0.1, 0.15) is 5.69 Å². The molecule has 3 heterocycles. The van der Waals surface area contributed by atoms with Crippen molar-refractivity contribution in [3.8, 4) is 0 Å². The first-order valence-electron chi connectivity index (χ1n) is 9.53. The van der Waals surface area contributed by atoms with Crippen LogP contribution in [0, 0.1) is 11.6 Å². The second-order valence-corrected chi connectivity index (χ2v) is 7.49. The van der Waals surface area contributed by atoms with E-state index in [9.17, 15) is 18.4 Å². The lowest BCUT2D eigenvalue weighted by atomic mass is 9.93. The quantitative estimate of drug-likeness (QED) is 0.477. The highest BCUT2D eigenvalue weighted by Crippen LogP contribution is 2.32. The van der Waals surface area contributed by atoms with Gasteiger partial charge in [0.05, 0.1) is 11.4 Å². The van der Waals surface area contributed by atoms with Crippen LogP contribution in [-0.2, 0) is 6.54 Å². The summed E-state index contributed by atoms with van der Waals surface area (Å²) in [7, 11) is 1.66. The first-order valence-corrected chi connectivity index (χ1v) is 9.53. The first-order chi connectivity index (χ1) is 14.4. The largest absolute Gasteiger partial charge is 0.351 e. The molecule has 3 N–H and O–H groups in total. The average molecular weight is 408 g/mol. The third-order valence-corrected chi connectivity index (χ3v) is 5.71. The van der Waals surface area contributed by atoms with Crippen LogP contribution >= 0.6 is 0 Å². The van der Waals surface area contributed by atoms with E-state index >= 15 is 0 Å². The SMILES string of the molecule is CN(C(=O)c1cc2ccccc2[nH]1)[C@@H]1CNCc2[nH]c(=O)c3cc(F)c(F)cc3c21. The van der Waals surface area contributed by atoms with Gasteiger partial charge in [0.2, 0.25) is 0 Å². The van der Waals surface area contributed by atoms with Crippen LogP contribution in [0.4, 0.5) is 8.78 Å². The Kier molecular flexibility index (Phi) is 4.18. The van der Waals surface area contributed by atoms with E-state index < -0.39 is 23.2 Å². The number of pyridine rings is 1. The van der Waals surface area contributed by atoms with Crippen molar-refractivity contribution >= 4 is 27.6 Å². The molecule has 0 bridgehead atoms. The normalized spacial score (nSPS) is 16.0. The lowest BCUT2D eigenvalue weighted by molar-refractivity contribution is 0.0718. The van der Waals surface area contributed by atoms with E-state index in [2.05, 4.69) is 15.3 Å². The monoisotopic (exact) mass is 408 g/mol. The summed E-state index contributed by atoms with van der Waals surface area (Å²) >= 11 is 0. The zero-order valence-corrected chi connectivity index (χ0v) is 16.1. The number of amides is 1. The van der Waals surface area contributed by atoms with Gasteiger partial charge in [-0.15, -0.1) is 0 Å². The Balaban J connectivity index is 1.63. The number of nitrogens with one attached hydrogen (secondary N) is 3. The summed E-state index contributed by atoms with van der Waals surface area (Å²) in [4.78, 5) is 33.0. The van der Waals surface area contributed by atoms with Crippen LogP contribution in [0.1, 0.15) is 27.8 Å². The fourth-order valence-corrected chi connectivity index (χ4v) is 4.20. The smallest absolute Gasteiger partial charge is 0.270 e. The highest BCUT2D eigenvalue weighted by molar-refractivity contribution is 5.98. The Bertz CT molecular complexity index is 1340. The van der Waals surface area contributed by atoms with Crippen LogP contribution in [0.5, 0.6) is 0 Å². The second kappa shape index (κ2) is 6.77. The molecule has 152 valence electrons. The number of carbonyl (C=O) groups excluding carboxylic acids is 1. The summed E-state index contributed by atoms with van der Waals surface area (Å²) < 4.78 is 27.8. The Morgan fingerprint density at radius 2 is 1.80 bits per heavy atom. The molecule has 0 saturated carbocycles. The number of nitrogens with zero attached hydrogens (tertiary/aromatic N) is 1. The Hall–Kier alpha value is -3.52. The molecule has 0 aliphatic carbocycles. The molecule has 1 amide bonds. The number of fused-ring (bicyclic) bond motifs is 4. The van der Waals surface area contributed by atoms with Gasteiger partial charge in [0.15, 0.2) is 11.6 Å². The maximum atomic E-state index is 14.0. The molecule has 8 heteroatoms. The number of aromatic amines is 2.